The number of benzene rings is 2. The number of rotatable bonds is 5. The Morgan fingerprint density at radius 3 is 2.58 bits per heavy atom. The average Bonchev–Trinajstić information content (AvgIpc) is 3.14. The van der Waals surface area contributed by atoms with Gasteiger partial charge >= 0.3 is 5.97 Å². The second kappa shape index (κ2) is 8.75. The van der Waals surface area contributed by atoms with Crippen molar-refractivity contribution >= 4 is 23.3 Å². The maximum Gasteiger partial charge on any atom is 0.341 e. The van der Waals surface area contributed by atoms with E-state index in [1.165, 1.54) is 0 Å². The molecule has 9 nitrogen and oxygen atoms in total. The van der Waals surface area contributed by atoms with E-state index in [2.05, 4.69) is 5.32 Å². The lowest BCUT2D eigenvalue weighted by atomic mass is 9.63. The summed E-state index contributed by atoms with van der Waals surface area (Å²) < 4.78 is 21.9. The third-order valence-electron chi connectivity index (χ3n) is 6.93. The van der Waals surface area contributed by atoms with E-state index in [0.29, 0.717) is 29.2 Å². The molecule has 2 heterocycles. The van der Waals surface area contributed by atoms with Gasteiger partial charge in [-0.25, -0.2) is 4.79 Å². The molecule has 0 radical (unpaired) electrons. The van der Waals surface area contributed by atoms with E-state index < -0.39 is 17.3 Å². The first-order chi connectivity index (χ1) is 17.4. The van der Waals surface area contributed by atoms with Crippen LogP contribution in [0.3, 0.4) is 0 Å². The zero-order chi connectivity index (χ0) is 25.6. The second-order valence-corrected chi connectivity index (χ2v) is 8.75. The van der Waals surface area contributed by atoms with E-state index in [0.717, 1.165) is 5.56 Å². The molecule has 3 aliphatic rings. The van der Waals surface area contributed by atoms with Gasteiger partial charge in [-0.3, -0.25) is 9.59 Å². The van der Waals surface area contributed by atoms with Gasteiger partial charge < -0.3 is 30.0 Å². The molecule has 1 amide bonds. The third kappa shape index (κ3) is 3.26. The van der Waals surface area contributed by atoms with Crippen molar-refractivity contribution in [3.63, 3.8) is 0 Å². The number of carbonyl (C=O) groups is 3. The molecule has 2 aliphatic heterocycles. The first-order valence-electron chi connectivity index (χ1n) is 11.6. The van der Waals surface area contributed by atoms with Gasteiger partial charge in [-0.05, 0) is 36.6 Å². The first-order valence-corrected chi connectivity index (χ1v) is 11.6. The fourth-order valence-corrected chi connectivity index (χ4v) is 5.44. The topological polar surface area (TPSA) is 126 Å². The van der Waals surface area contributed by atoms with Crippen LogP contribution in [0.15, 0.2) is 65.3 Å². The van der Waals surface area contributed by atoms with Gasteiger partial charge in [0.15, 0.2) is 17.3 Å². The molecule has 36 heavy (non-hydrogen) atoms. The van der Waals surface area contributed by atoms with Gasteiger partial charge in [-0.2, -0.15) is 0 Å². The van der Waals surface area contributed by atoms with Crippen LogP contribution in [0.2, 0.25) is 0 Å². The number of amides is 1. The first kappa shape index (κ1) is 23.5. The maximum absolute atomic E-state index is 13.8. The van der Waals surface area contributed by atoms with Crippen molar-refractivity contribution in [1.29, 1.82) is 0 Å². The van der Waals surface area contributed by atoms with E-state index in [1.807, 2.05) is 12.1 Å². The van der Waals surface area contributed by atoms with Crippen LogP contribution >= 0.6 is 0 Å². The van der Waals surface area contributed by atoms with Crippen molar-refractivity contribution in [2.24, 2.45) is 5.73 Å². The Morgan fingerprint density at radius 1 is 1.11 bits per heavy atom. The van der Waals surface area contributed by atoms with E-state index in [9.17, 15) is 14.4 Å². The Labute approximate surface area is 207 Å². The molecule has 0 fully saturated rings. The van der Waals surface area contributed by atoms with Crippen LogP contribution in [0.1, 0.15) is 36.8 Å². The molecule has 1 aliphatic carbocycles. The Hall–Kier alpha value is -4.27. The largest absolute Gasteiger partial charge is 0.493 e. The van der Waals surface area contributed by atoms with Gasteiger partial charge in [0, 0.05) is 24.1 Å². The normalized spacial score (nSPS) is 22.6. The van der Waals surface area contributed by atoms with Gasteiger partial charge in [0.2, 0.25) is 11.8 Å². The van der Waals surface area contributed by atoms with Crippen molar-refractivity contribution < 1.29 is 33.3 Å². The highest BCUT2D eigenvalue weighted by molar-refractivity contribution is 6.22. The van der Waals surface area contributed by atoms with Crippen LogP contribution in [0.5, 0.6) is 11.5 Å². The fraction of sp³-hybridized carbons (Fsp3) is 0.296. The summed E-state index contributed by atoms with van der Waals surface area (Å²) in [7, 11) is 3.09. The number of fused-ring (bicyclic) bond motifs is 3. The summed E-state index contributed by atoms with van der Waals surface area (Å²) in [5, 5.41) is 2.82. The molecule has 0 saturated heterocycles. The summed E-state index contributed by atoms with van der Waals surface area (Å²) >= 11 is 0. The van der Waals surface area contributed by atoms with Gasteiger partial charge in [0.05, 0.1) is 26.4 Å². The standard InChI is InChI=1S/C27H26N2O7/c1-4-35-25(31)23-24(28)36-21-13-15(14-9-10-19(33-2)20(12-14)34-3)11-18(30)22(21)27(23)16-7-5-6-8-17(16)29-26(27)32/h5-10,12,15H,4,11,13,28H2,1-3H3,(H,29,32)/t15-,27-/m1/s1. The van der Waals surface area contributed by atoms with Gasteiger partial charge in [-0.1, -0.05) is 24.3 Å². The highest BCUT2D eigenvalue weighted by atomic mass is 16.5. The lowest BCUT2D eigenvalue weighted by Crippen LogP contribution is -2.49. The minimum absolute atomic E-state index is 0.0657. The third-order valence-corrected chi connectivity index (χ3v) is 6.93. The lowest BCUT2D eigenvalue weighted by molar-refractivity contribution is -0.141. The van der Waals surface area contributed by atoms with Crippen LogP contribution in [0.4, 0.5) is 5.69 Å². The molecule has 3 N–H and O–H groups in total. The van der Waals surface area contributed by atoms with Crippen LogP contribution in [-0.2, 0) is 29.3 Å². The summed E-state index contributed by atoms with van der Waals surface area (Å²) in [5.74, 6) is -0.783. The van der Waals surface area contributed by atoms with Gasteiger partial charge in [0.1, 0.15) is 16.7 Å². The second-order valence-electron chi connectivity index (χ2n) is 8.75. The number of hydrogen-bond donors (Lipinski definition) is 2. The molecular weight excluding hydrogens is 464 g/mol. The van der Waals surface area contributed by atoms with Crippen LogP contribution < -0.4 is 20.5 Å². The molecule has 0 saturated carbocycles. The summed E-state index contributed by atoms with van der Waals surface area (Å²) in [6.45, 7) is 1.72. The summed E-state index contributed by atoms with van der Waals surface area (Å²) in [6.07, 6.45) is 0.398. The van der Waals surface area contributed by atoms with Crippen molar-refractivity contribution in [3.8, 4) is 11.5 Å². The number of anilines is 1. The Morgan fingerprint density at radius 2 is 1.86 bits per heavy atom. The Kier molecular flexibility index (Phi) is 5.70. The van der Waals surface area contributed by atoms with Crippen LogP contribution in [-0.4, -0.2) is 38.5 Å². The van der Waals surface area contributed by atoms with Crippen molar-refractivity contribution in [1.82, 2.24) is 0 Å². The van der Waals surface area contributed by atoms with E-state index >= 15 is 0 Å². The molecule has 0 aromatic heterocycles. The van der Waals surface area contributed by atoms with E-state index in [4.69, 9.17) is 24.7 Å². The molecule has 9 heteroatoms. The van der Waals surface area contributed by atoms with Gasteiger partial charge in [0.25, 0.3) is 0 Å². The number of hydrogen-bond acceptors (Lipinski definition) is 8. The van der Waals surface area contributed by atoms with Crippen molar-refractivity contribution in [2.75, 3.05) is 26.1 Å². The molecule has 0 unspecified atom stereocenters. The molecule has 2 aromatic carbocycles. The monoisotopic (exact) mass is 490 g/mol. The van der Waals surface area contributed by atoms with Crippen molar-refractivity contribution in [2.45, 2.75) is 31.1 Å². The predicted octanol–water partition coefficient (Wildman–Crippen LogP) is 3.06. The predicted molar refractivity (Wildman–Crippen MR) is 129 cm³/mol. The number of nitrogens with one attached hydrogen (secondary N) is 1. The van der Waals surface area contributed by atoms with E-state index in [1.54, 1.807) is 51.5 Å². The number of allylic oxidation sites excluding steroid dienone is 1. The van der Waals surface area contributed by atoms with Crippen LogP contribution in [0.25, 0.3) is 0 Å². The smallest absolute Gasteiger partial charge is 0.341 e. The lowest BCUT2D eigenvalue weighted by Gasteiger charge is -2.40. The highest BCUT2D eigenvalue weighted by Crippen LogP contribution is 2.55. The average molecular weight is 491 g/mol. The number of ketones is 1. The number of carbonyl (C=O) groups excluding carboxylic acids is 3. The minimum atomic E-state index is -1.75. The van der Waals surface area contributed by atoms with Crippen molar-refractivity contribution in [3.05, 3.63) is 76.4 Å². The van der Waals surface area contributed by atoms with Crippen LogP contribution in [0, 0.1) is 0 Å². The fourth-order valence-electron chi connectivity index (χ4n) is 5.44. The zero-order valence-corrected chi connectivity index (χ0v) is 20.2. The number of Topliss-reactive ketones (excluding diaryl/α,β-unsaturated/α-hetero) is 1. The Bertz CT molecular complexity index is 1360. The summed E-state index contributed by atoms with van der Waals surface area (Å²) in [5.41, 5.74) is 6.31. The minimum Gasteiger partial charge on any atom is -0.493 e. The molecule has 2 aromatic rings. The highest BCUT2D eigenvalue weighted by Gasteiger charge is 2.62. The quantitative estimate of drug-likeness (QED) is 0.613. The van der Waals surface area contributed by atoms with Gasteiger partial charge in [-0.15, -0.1) is 0 Å². The molecule has 5 rings (SSSR count). The Balaban J connectivity index is 1.67. The van der Waals surface area contributed by atoms with E-state index in [-0.39, 0.29) is 47.5 Å². The summed E-state index contributed by atoms with van der Waals surface area (Å²) in [4.78, 5) is 40.7. The number of methoxy groups -OCH3 is 2. The molecule has 0 bridgehead atoms. The zero-order valence-electron chi connectivity index (χ0n) is 20.2. The maximum atomic E-state index is 13.8. The molecule has 1 spiro atoms. The molecular formula is C27H26N2O7. The number of para-hydroxylation sites is 1. The molecule has 2 atom stereocenters. The SMILES string of the molecule is CCOC(=O)C1=C(N)OC2=C(C(=O)C[C@@H](c3ccc(OC)c(OC)c3)C2)[C@@]12C(=O)Nc1ccccc12. The summed E-state index contributed by atoms with van der Waals surface area (Å²) in [6, 6.07) is 12.4. The number of esters is 1. The number of nitrogens with two attached hydrogens (primary N) is 1. The molecule has 186 valence electrons. The number of ether oxygens (including phenoxy) is 4.